The van der Waals surface area contributed by atoms with E-state index in [0.29, 0.717) is 18.4 Å². The number of piperidine rings is 1. The predicted octanol–water partition coefficient (Wildman–Crippen LogP) is 3.51. The second-order valence-electron chi connectivity index (χ2n) is 7.63. The molecule has 2 heterocycles. The van der Waals surface area contributed by atoms with Crippen LogP contribution in [0.25, 0.3) is 0 Å². The number of guanidine groups is 1. The first kappa shape index (κ1) is 23.8. The molecule has 0 aromatic heterocycles. The fraction of sp³-hybridized carbons (Fsp3) is 0.636. The van der Waals surface area contributed by atoms with Gasteiger partial charge in [0.15, 0.2) is 5.96 Å². The van der Waals surface area contributed by atoms with Gasteiger partial charge in [0.2, 0.25) is 5.91 Å². The van der Waals surface area contributed by atoms with E-state index < -0.39 is 0 Å². The Kier molecular flexibility index (Phi) is 10.0. The number of hydrogen-bond acceptors (Lipinski definition) is 3. The maximum absolute atomic E-state index is 12.0. The molecule has 1 amide bonds. The monoisotopic (exact) mass is 514 g/mol. The van der Waals surface area contributed by atoms with Gasteiger partial charge >= 0.3 is 0 Å². The smallest absolute Gasteiger partial charge is 0.222 e. The fourth-order valence-electron chi connectivity index (χ4n) is 4.20. The Hall–Kier alpha value is -1.51. The molecule has 0 radical (unpaired) electrons. The summed E-state index contributed by atoms with van der Waals surface area (Å²) in [4.78, 5) is 20.8. The maximum Gasteiger partial charge on any atom is 0.222 e. The lowest BCUT2D eigenvalue weighted by Gasteiger charge is -2.34. The van der Waals surface area contributed by atoms with Crippen LogP contribution in [0.5, 0.6) is 5.75 Å². The Morgan fingerprint density at radius 1 is 1.24 bits per heavy atom. The molecule has 0 spiro atoms. The highest BCUT2D eigenvalue weighted by Crippen LogP contribution is 2.19. The molecule has 162 valence electrons. The van der Waals surface area contributed by atoms with E-state index in [1.54, 1.807) is 0 Å². The van der Waals surface area contributed by atoms with Gasteiger partial charge in [0.1, 0.15) is 11.9 Å². The zero-order chi connectivity index (χ0) is 19.8. The van der Waals surface area contributed by atoms with Crippen molar-refractivity contribution in [2.75, 3.05) is 33.2 Å². The van der Waals surface area contributed by atoms with Crippen molar-refractivity contribution >= 4 is 35.8 Å². The molecule has 1 N–H and O–H groups in total. The van der Waals surface area contributed by atoms with E-state index in [1.807, 2.05) is 37.4 Å². The Bertz CT molecular complexity index is 647. The zero-order valence-electron chi connectivity index (χ0n) is 17.7. The molecule has 0 aliphatic carbocycles. The Morgan fingerprint density at radius 2 is 1.97 bits per heavy atom. The number of benzene rings is 1. The van der Waals surface area contributed by atoms with Crippen LogP contribution in [-0.4, -0.2) is 67.0 Å². The molecule has 1 aromatic carbocycles. The highest BCUT2D eigenvalue weighted by atomic mass is 127. The number of hydrogen-bond donors (Lipinski definition) is 1. The Labute approximate surface area is 192 Å². The highest BCUT2D eigenvalue weighted by Gasteiger charge is 2.27. The molecular weight excluding hydrogens is 479 g/mol. The molecule has 1 aromatic rings. The average Bonchev–Trinajstić information content (AvgIpc) is 3.16. The van der Waals surface area contributed by atoms with E-state index in [9.17, 15) is 4.79 Å². The third kappa shape index (κ3) is 6.76. The van der Waals surface area contributed by atoms with Crippen LogP contribution in [0.2, 0.25) is 0 Å². The van der Waals surface area contributed by atoms with Crippen molar-refractivity contribution in [3.8, 4) is 5.75 Å². The minimum atomic E-state index is 0. The summed E-state index contributed by atoms with van der Waals surface area (Å²) >= 11 is 0. The number of carbonyl (C=O) groups is 1. The number of likely N-dealkylation sites (tertiary alicyclic amines) is 2. The van der Waals surface area contributed by atoms with Crippen molar-refractivity contribution < 1.29 is 9.53 Å². The van der Waals surface area contributed by atoms with Crippen molar-refractivity contribution in [2.24, 2.45) is 4.99 Å². The van der Waals surface area contributed by atoms with E-state index in [4.69, 9.17) is 4.74 Å². The van der Waals surface area contributed by atoms with E-state index in [-0.39, 0.29) is 30.1 Å². The molecule has 7 heteroatoms. The number of para-hydroxylation sites is 1. The summed E-state index contributed by atoms with van der Waals surface area (Å²) in [6, 6.07) is 10.4. The minimum Gasteiger partial charge on any atom is -0.490 e. The summed E-state index contributed by atoms with van der Waals surface area (Å²) in [7, 11) is 1.84. The molecule has 6 nitrogen and oxygen atoms in total. The van der Waals surface area contributed by atoms with Crippen molar-refractivity contribution in [1.29, 1.82) is 0 Å². The van der Waals surface area contributed by atoms with E-state index in [0.717, 1.165) is 70.0 Å². The molecule has 2 aliphatic heterocycles. The summed E-state index contributed by atoms with van der Waals surface area (Å²) in [6.07, 6.45) is 5.95. The standard InChI is InChI=1S/C22H34N4O2.HI/c1-3-18(26-15-7-10-21(26)27)11-14-24-22(23-2)25-16-12-20(13-17-25)28-19-8-5-4-6-9-19;/h4-6,8-9,18,20H,3,7,10-17H2,1-2H3,(H,23,24);1H. The molecule has 1 unspecified atom stereocenters. The predicted molar refractivity (Wildman–Crippen MR) is 128 cm³/mol. The molecule has 0 saturated carbocycles. The van der Waals surface area contributed by atoms with Gasteiger partial charge in [-0.3, -0.25) is 9.79 Å². The number of aliphatic imine (C=N–C) groups is 1. The number of carbonyl (C=O) groups excluding carboxylic acids is 1. The first-order valence-corrected chi connectivity index (χ1v) is 10.7. The van der Waals surface area contributed by atoms with Gasteiger partial charge in [-0.25, -0.2) is 0 Å². The first-order valence-electron chi connectivity index (χ1n) is 10.7. The number of ether oxygens (including phenoxy) is 1. The van der Waals surface area contributed by atoms with E-state index in [1.165, 1.54) is 0 Å². The number of nitrogens with zero attached hydrogens (tertiary/aromatic N) is 3. The summed E-state index contributed by atoms with van der Waals surface area (Å²) in [6.45, 7) is 5.82. The normalized spacial score (nSPS) is 19.1. The molecular formula is C22H35IN4O2. The van der Waals surface area contributed by atoms with Crippen LogP contribution in [-0.2, 0) is 4.79 Å². The van der Waals surface area contributed by atoms with Crippen molar-refractivity contribution in [3.05, 3.63) is 30.3 Å². The van der Waals surface area contributed by atoms with Crippen molar-refractivity contribution in [1.82, 2.24) is 15.1 Å². The van der Waals surface area contributed by atoms with Crippen LogP contribution in [0, 0.1) is 0 Å². The van der Waals surface area contributed by atoms with Gasteiger partial charge in [-0.15, -0.1) is 24.0 Å². The van der Waals surface area contributed by atoms with Gasteiger partial charge in [-0.05, 0) is 31.4 Å². The molecule has 0 bridgehead atoms. The summed E-state index contributed by atoms with van der Waals surface area (Å²) < 4.78 is 6.09. The molecule has 29 heavy (non-hydrogen) atoms. The van der Waals surface area contributed by atoms with Gasteiger partial charge in [0.05, 0.1) is 0 Å². The van der Waals surface area contributed by atoms with Gasteiger partial charge in [-0.2, -0.15) is 0 Å². The zero-order valence-corrected chi connectivity index (χ0v) is 20.0. The lowest BCUT2D eigenvalue weighted by atomic mass is 10.1. The van der Waals surface area contributed by atoms with E-state index in [2.05, 4.69) is 27.0 Å². The largest absolute Gasteiger partial charge is 0.490 e. The third-order valence-electron chi connectivity index (χ3n) is 5.78. The number of amides is 1. The fourth-order valence-corrected chi connectivity index (χ4v) is 4.20. The summed E-state index contributed by atoms with van der Waals surface area (Å²) in [5, 5.41) is 3.50. The second-order valence-corrected chi connectivity index (χ2v) is 7.63. The maximum atomic E-state index is 12.0. The highest BCUT2D eigenvalue weighted by molar-refractivity contribution is 14.0. The molecule has 1 atom stereocenters. The second kappa shape index (κ2) is 12.2. The lowest BCUT2D eigenvalue weighted by molar-refractivity contribution is -0.129. The van der Waals surface area contributed by atoms with Gasteiger partial charge in [-0.1, -0.05) is 25.1 Å². The molecule has 3 rings (SSSR count). The van der Waals surface area contributed by atoms with Crippen molar-refractivity contribution in [2.45, 2.75) is 57.6 Å². The SMILES string of the molecule is CCC(CCNC(=NC)N1CCC(Oc2ccccc2)CC1)N1CCCC1=O.I. The molecule has 2 aliphatic rings. The van der Waals surface area contributed by atoms with Crippen LogP contribution in [0.15, 0.2) is 35.3 Å². The van der Waals surface area contributed by atoms with Gasteiger partial charge in [0.25, 0.3) is 0 Å². The number of rotatable bonds is 7. The number of halogens is 1. The van der Waals surface area contributed by atoms with Gasteiger partial charge in [0, 0.05) is 58.5 Å². The Morgan fingerprint density at radius 3 is 2.55 bits per heavy atom. The topological polar surface area (TPSA) is 57.2 Å². The molecule has 2 fully saturated rings. The van der Waals surface area contributed by atoms with Crippen LogP contribution < -0.4 is 10.1 Å². The van der Waals surface area contributed by atoms with E-state index >= 15 is 0 Å². The average molecular weight is 514 g/mol. The molecule has 2 saturated heterocycles. The lowest BCUT2D eigenvalue weighted by Crippen LogP contribution is -2.48. The Balaban J connectivity index is 0.00000300. The summed E-state index contributed by atoms with van der Waals surface area (Å²) in [5.74, 6) is 2.23. The summed E-state index contributed by atoms with van der Waals surface area (Å²) in [5.41, 5.74) is 0. The van der Waals surface area contributed by atoms with Crippen LogP contribution in [0.1, 0.15) is 45.4 Å². The van der Waals surface area contributed by atoms with Crippen LogP contribution in [0.3, 0.4) is 0 Å². The number of nitrogens with one attached hydrogen (secondary N) is 1. The van der Waals surface area contributed by atoms with Gasteiger partial charge < -0.3 is 19.9 Å². The first-order chi connectivity index (χ1) is 13.7. The minimum absolute atomic E-state index is 0. The van der Waals surface area contributed by atoms with Crippen LogP contribution in [0.4, 0.5) is 0 Å². The quantitative estimate of drug-likeness (QED) is 0.344. The van der Waals surface area contributed by atoms with Crippen molar-refractivity contribution in [3.63, 3.8) is 0 Å². The van der Waals surface area contributed by atoms with Crippen LogP contribution >= 0.6 is 24.0 Å². The third-order valence-corrected chi connectivity index (χ3v) is 5.78.